The molecule has 1 saturated heterocycles. The van der Waals surface area contributed by atoms with E-state index in [2.05, 4.69) is 5.32 Å². The number of ether oxygens (including phenoxy) is 1. The van der Waals surface area contributed by atoms with Gasteiger partial charge in [-0.1, -0.05) is 65.4 Å². The molecule has 5 nitrogen and oxygen atoms in total. The topological polar surface area (TPSA) is 58.6 Å². The Labute approximate surface area is 216 Å². The van der Waals surface area contributed by atoms with Gasteiger partial charge in [0.1, 0.15) is 5.75 Å². The molecule has 0 aromatic heterocycles. The van der Waals surface area contributed by atoms with Crippen molar-refractivity contribution in [1.82, 2.24) is 0 Å². The van der Waals surface area contributed by atoms with Gasteiger partial charge in [-0.3, -0.25) is 14.5 Å². The van der Waals surface area contributed by atoms with Gasteiger partial charge in [0.2, 0.25) is 0 Å². The first-order valence-electron chi connectivity index (χ1n) is 10.1. The fraction of sp³-hybridized carbons (Fsp3) is 0.0800. The van der Waals surface area contributed by atoms with Crippen molar-refractivity contribution in [3.8, 4) is 5.75 Å². The van der Waals surface area contributed by atoms with Crippen molar-refractivity contribution in [2.45, 2.75) is 6.92 Å². The summed E-state index contributed by atoms with van der Waals surface area (Å²) in [5, 5.41) is 3.92. The molecule has 0 saturated carbocycles. The van der Waals surface area contributed by atoms with Crippen LogP contribution in [0.25, 0.3) is 6.08 Å². The summed E-state index contributed by atoms with van der Waals surface area (Å²) in [5.74, 6) is 0.0448. The highest BCUT2D eigenvalue weighted by Gasteiger charge is 2.33. The smallest absolute Gasteiger partial charge is 0.270 e. The molecule has 2 amide bonds. The molecule has 1 fully saturated rings. The molecule has 0 bridgehead atoms. The van der Waals surface area contributed by atoms with E-state index < -0.39 is 0 Å². The second-order valence-corrected chi connectivity index (χ2v) is 9.88. The summed E-state index contributed by atoms with van der Waals surface area (Å²) in [7, 11) is 0. The van der Waals surface area contributed by atoms with Crippen LogP contribution in [0.15, 0.2) is 71.6 Å². The highest BCUT2D eigenvalue weighted by atomic mass is 35.5. The van der Waals surface area contributed by atoms with Crippen molar-refractivity contribution < 1.29 is 14.3 Å². The molecule has 4 rings (SSSR count). The van der Waals surface area contributed by atoms with Gasteiger partial charge in [0.05, 0.1) is 10.6 Å². The molecule has 0 atom stereocenters. The minimum Gasteiger partial charge on any atom is -0.484 e. The minimum absolute atomic E-state index is 0.148. The SMILES string of the molecule is Cc1ccc(NC(=O)COc2ccc(/C=C3\SC(=S)N(c4ccc(Cl)cc4)C3=O)cc2)cc1Cl. The monoisotopic (exact) mass is 528 g/mol. The molecular formula is C25H18Cl2N2O3S2. The predicted octanol–water partition coefficient (Wildman–Crippen LogP) is 6.73. The summed E-state index contributed by atoms with van der Waals surface area (Å²) in [6, 6.07) is 19.3. The lowest BCUT2D eigenvalue weighted by Crippen LogP contribution is -2.27. The number of nitrogens with zero attached hydrogens (tertiary/aromatic N) is 1. The molecule has 0 aliphatic carbocycles. The number of amides is 2. The van der Waals surface area contributed by atoms with Gasteiger partial charge in [-0.15, -0.1) is 0 Å². The summed E-state index contributed by atoms with van der Waals surface area (Å²) in [6.07, 6.45) is 1.77. The van der Waals surface area contributed by atoms with Crippen LogP contribution in [0.3, 0.4) is 0 Å². The molecule has 9 heteroatoms. The maximum absolute atomic E-state index is 12.9. The lowest BCUT2D eigenvalue weighted by molar-refractivity contribution is -0.118. The fourth-order valence-corrected chi connectivity index (χ4v) is 4.71. The van der Waals surface area contributed by atoms with Crippen LogP contribution in [0.5, 0.6) is 5.75 Å². The van der Waals surface area contributed by atoms with Crippen molar-refractivity contribution in [3.05, 3.63) is 92.8 Å². The molecule has 1 N–H and O–H groups in total. The largest absolute Gasteiger partial charge is 0.484 e. The Balaban J connectivity index is 1.36. The third-order valence-corrected chi connectivity index (χ3v) is 6.84. The van der Waals surface area contributed by atoms with Gasteiger partial charge in [0, 0.05) is 15.7 Å². The highest BCUT2D eigenvalue weighted by molar-refractivity contribution is 8.27. The van der Waals surface area contributed by atoms with Crippen LogP contribution in [0.4, 0.5) is 11.4 Å². The van der Waals surface area contributed by atoms with Gasteiger partial charge in [0.25, 0.3) is 11.8 Å². The van der Waals surface area contributed by atoms with Crippen molar-refractivity contribution >= 4 is 80.8 Å². The average molecular weight is 529 g/mol. The second kappa shape index (κ2) is 10.6. The number of aryl methyl sites for hydroxylation is 1. The van der Waals surface area contributed by atoms with Gasteiger partial charge >= 0.3 is 0 Å². The molecule has 0 radical (unpaired) electrons. The molecular weight excluding hydrogens is 511 g/mol. The fourth-order valence-electron chi connectivity index (χ4n) is 3.11. The number of halogens is 2. The van der Waals surface area contributed by atoms with Crippen LogP contribution >= 0.6 is 47.2 Å². The van der Waals surface area contributed by atoms with Gasteiger partial charge in [-0.05, 0) is 72.7 Å². The molecule has 1 heterocycles. The molecule has 1 aliphatic heterocycles. The Morgan fingerprint density at radius 1 is 1.09 bits per heavy atom. The summed E-state index contributed by atoms with van der Waals surface area (Å²) >= 11 is 18.7. The van der Waals surface area contributed by atoms with Crippen LogP contribution < -0.4 is 15.0 Å². The number of anilines is 2. The Kier molecular flexibility index (Phi) is 7.58. The molecule has 3 aromatic carbocycles. The van der Waals surface area contributed by atoms with Gasteiger partial charge in [-0.2, -0.15) is 0 Å². The number of nitrogens with one attached hydrogen (secondary N) is 1. The Bertz CT molecular complexity index is 1290. The van der Waals surface area contributed by atoms with Crippen molar-refractivity contribution in [3.63, 3.8) is 0 Å². The Morgan fingerprint density at radius 2 is 1.79 bits per heavy atom. The zero-order chi connectivity index (χ0) is 24.2. The number of thioether (sulfide) groups is 1. The maximum Gasteiger partial charge on any atom is 0.270 e. The summed E-state index contributed by atoms with van der Waals surface area (Å²) in [6.45, 7) is 1.74. The van der Waals surface area contributed by atoms with Crippen LogP contribution in [0.1, 0.15) is 11.1 Å². The lowest BCUT2D eigenvalue weighted by atomic mass is 10.2. The van der Waals surface area contributed by atoms with Crippen LogP contribution in [-0.2, 0) is 9.59 Å². The van der Waals surface area contributed by atoms with E-state index in [1.54, 1.807) is 54.6 Å². The zero-order valence-electron chi connectivity index (χ0n) is 17.9. The highest BCUT2D eigenvalue weighted by Crippen LogP contribution is 2.36. The van der Waals surface area contributed by atoms with E-state index in [1.807, 2.05) is 25.1 Å². The predicted molar refractivity (Wildman–Crippen MR) is 144 cm³/mol. The van der Waals surface area contributed by atoms with E-state index in [4.69, 9.17) is 40.2 Å². The molecule has 3 aromatic rings. The van der Waals surface area contributed by atoms with Gasteiger partial charge in [0.15, 0.2) is 10.9 Å². The van der Waals surface area contributed by atoms with E-state index >= 15 is 0 Å². The Hall–Kier alpha value is -2.84. The number of benzene rings is 3. The second-order valence-electron chi connectivity index (χ2n) is 7.36. The van der Waals surface area contributed by atoms with Crippen molar-refractivity contribution in [1.29, 1.82) is 0 Å². The lowest BCUT2D eigenvalue weighted by Gasteiger charge is -2.14. The first-order chi connectivity index (χ1) is 16.3. The number of hydrogen-bond acceptors (Lipinski definition) is 5. The van der Waals surface area contributed by atoms with E-state index in [9.17, 15) is 9.59 Å². The molecule has 0 spiro atoms. The number of carbonyl (C=O) groups excluding carboxylic acids is 2. The Morgan fingerprint density at radius 3 is 2.47 bits per heavy atom. The summed E-state index contributed by atoms with van der Waals surface area (Å²) < 4.78 is 6.02. The van der Waals surface area contributed by atoms with Crippen LogP contribution in [-0.4, -0.2) is 22.7 Å². The first kappa shape index (κ1) is 24.3. The van der Waals surface area contributed by atoms with Crippen LogP contribution in [0.2, 0.25) is 10.0 Å². The maximum atomic E-state index is 12.9. The molecule has 0 unspecified atom stereocenters. The zero-order valence-corrected chi connectivity index (χ0v) is 21.0. The number of thiocarbonyl (C=S) groups is 1. The third-order valence-electron chi connectivity index (χ3n) is 4.88. The number of carbonyl (C=O) groups is 2. The standard InChI is InChI=1S/C25H18Cl2N2O3S2/c1-15-2-7-18(13-21(15)27)28-23(30)14-32-20-10-3-16(4-11-20)12-22-24(31)29(25(33)34-22)19-8-5-17(26)6-9-19/h2-13H,14H2,1H3,(H,28,30)/b22-12-. The van der Waals surface area contributed by atoms with E-state index in [1.165, 1.54) is 16.7 Å². The molecule has 1 aliphatic rings. The van der Waals surface area contributed by atoms with Crippen molar-refractivity contribution in [2.24, 2.45) is 0 Å². The van der Waals surface area contributed by atoms with Crippen molar-refractivity contribution in [2.75, 3.05) is 16.8 Å². The third kappa shape index (κ3) is 5.80. The van der Waals surface area contributed by atoms with Gasteiger partial charge in [-0.25, -0.2) is 0 Å². The number of rotatable bonds is 6. The summed E-state index contributed by atoms with van der Waals surface area (Å²) in [4.78, 5) is 27.0. The normalized spacial score (nSPS) is 14.6. The summed E-state index contributed by atoms with van der Waals surface area (Å²) in [5.41, 5.74) is 3.02. The minimum atomic E-state index is -0.296. The van der Waals surface area contributed by atoms with Crippen LogP contribution in [0, 0.1) is 6.92 Å². The molecule has 172 valence electrons. The first-order valence-corrected chi connectivity index (χ1v) is 12.1. The van der Waals surface area contributed by atoms with E-state index in [0.717, 1.165) is 11.1 Å². The quantitative estimate of drug-likeness (QED) is 0.284. The van der Waals surface area contributed by atoms with Gasteiger partial charge < -0.3 is 10.1 Å². The van der Waals surface area contributed by atoms with E-state index in [0.29, 0.717) is 36.4 Å². The molecule has 34 heavy (non-hydrogen) atoms. The number of hydrogen-bond donors (Lipinski definition) is 1. The average Bonchev–Trinajstić information content (AvgIpc) is 3.09. The van der Waals surface area contributed by atoms with E-state index in [-0.39, 0.29) is 18.4 Å².